The summed E-state index contributed by atoms with van der Waals surface area (Å²) in [5, 5.41) is 2.57. The van der Waals surface area contributed by atoms with Crippen LogP contribution in [-0.2, 0) is 4.79 Å². The zero-order chi connectivity index (χ0) is 4.99. The van der Waals surface area contributed by atoms with Crippen LogP contribution >= 0.6 is 0 Å². The van der Waals surface area contributed by atoms with Crippen molar-refractivity contribution in [2.45, 2.75) is 13.8 Å². The van der Waals surface area contributed by atoms with Crippen molar-refractivity contribution in [1.29, 1.82) is 0 Å². The van der Waals surface area contributed by atoms with Gasteiger partial charge in [-0.05, 0) is 6.92 Å². The number of carbonyl (C=O) groups is 1. The second-order valence-corrected chi connectivity index (χ2v) is 1.09. The summed E-state index contributed by atoms with van der Waals surface area (Å²) >= 11 is 0. The van der Waals surface area contributed by atoms with E-state index >= 15 is 0 Å². The average molecular weight is 113 g/mol. The van der Waals surface area contributed by atoms with Gasteiger partial charge in [-0.1, -0.05) is 0 Å². The summed E-state index contributed by atoms with van der Waals surface area (Å²) < 4.78 is 0. The lowest BCUT2D eigenvalue weighted by molar-refractivity contribution is -0.118. The maximum atomic E-state index is 9.93. The molecule has 40 valence electrons. The Kier molecular flexibility index (Phi) is 9.14. The molecule has 0 aromatic carbocycles. The van der Waals surface area contributed by atoms with Gasteiger partial charge >= 0.3 is 23.1 Å². The number of carbonyl (C=O) groups excluding carboxylic acids is 1. The molecule has 2 nitrogen and oxygen atoms in total. The van der Waals surface area contributed by atoms with E-state index in [9.17, 15) is 4.79 Å². The van der Waals surface area contributed by atoms with E-state index in [4.69, 9.17) is 0 Å². The third-order valence-electron chi connectivity index (χ3n) is 0.426. The standard InChI is InChI=1S/C4H9NO.Mg.2H/c1-3-5-4(2)6;;;/h3H2,1-2H3,(H,5,6);;;. The van der Waals surface area contributed by atoms with Gasteiger partial charge in [-0.15, -0.1) is 0 Å². The van der Waals surface area contributed by atoms with Crippen molar-refractivity contribution in [3.05, 3.63) is 0 Å². The number of rotatable bonds is 1. The Morgan fingerprint density at radius 1 is 1.71 bits per heavy atom. The van der Waals surface area contributed by atoms with Crippen LogP contribution in [0, 0.1) is 0 Å². The van der Waals surface area contributed by atoms with Crippen molar-refractivity contribution >= 4 is 29.0 Å². The van der Waals surface area contributed by atoms with E-state index in [0.717, 1.165) is 6.54 Å². The van der Waals surface area contributed by atoms with Crippen molar-refractivity contribution in [3.63, 3.8) is 0 Å². The fraction of sp³-hybridized carbons (Fsp3) is 0.750. The van der Waals surface area contributed by atoms with Gasteiger partial charge in [0.05, 0.1) is 0 Å². The van der Waals surface area contributed by atoms with Crippen molar-refractivity contribution in [2.24, 2.45) is 0 Å². The van der Waals surface area contributed by atoms with Crippen molar-refractivity contribution in [2.75, 3.05) is 6.54 Å². The second-order valence-electron chi connectivity index (χ2n) is 1.09. The van der Waals surface area contributed by atoms with E-state index in [1.165, 1.54) is 6.92 Å². The molecule has 0 aliphatic heterocycles. The molecule has 0 saturated carbocycles. The van der Waals surface area contributed by atoms with Crippen LogP contribution in [0.4, 0.5) is 0 Å². The van der Waals surface area contributed by atoms with Gasteiger partial charge in [0.1, 0.15) is 0 Å². The number of hydrogen-bond acceptors (Lipinski definition) is 1. The fourth-order valence-corrected chi connectivity index (χ4v) is 0.249. The van der Waals surface area contributed by atoms with Crippen LogP contribution in [0.3, 0.4) is 0 Å². The van der Waals surface area contributed by atoms with Gasteiger partial charge in [0.2, 0.25) is 5.91 Å². The molecule has 1 amide bonds. The largest absolute Gasteiger partial charge is 0.357 e. The lowest BCUT2D eigenvalue weighted by Crippen LogP contribution is -2.18. The minimum atomic E-state index is 0. The third-order valence-corrected chi connectivity index (χ3v) is 0.426. The summed E-state index contributed by atoms with van der Waals surface area (Å²) in [4.78, 5) is 9.93. The Balaban J connectivity index is 0. The topological polar surface area (TPSA) is 29.1 Å². The Morgan fingerprint density at radius 2 is 2.14 bits per heavy atom. The molecule has 0 rings (SSSR count). The highest BCUT2D eigenvalue weighted by Gasteiger charge is 1.78. The molecule has 1 N–H and O–H groups in total. The highest BCUT2D eigenvalue weighted by Crippen LogP contribution is 1.54. The van der Waals surface area contributed by atoms with Gasteiger partial charge in [0.25, 0.3) is 0 Å². The summed E-state index contributed by atoms with van der Waals surface area (Å²) in [5.74, 6) is 0.0394. The molecule has 0 aromatic heterocycles. The first-order chi connectivity index (χ1) is 2.77. The molecular formula is C4H11MgNO. The first-order valence-electron chi connectivity index (χ1n) is 2.01. The van der Waals surface area contributed by atoms with Crippen molar-refractivity contribution in [3.8, 4) is 0 Å². The van der Waals surface area contributed by atoms with Crippen molar-refractivity contribution < 1.29 is 4.79 Å². The number of nitrogens with one attached hydrogen (secondary N) is 1. The number of hydrogen-bond donors (Lipinski definition) is 1. The lowest BCUT2D eigenvalue weighted by atomic mass is 10.6. The Morgan fingerprint density at radius 3 is 2.14 bits per heavy atom. The molecule has 0 fully saturated rings. The minimum absolute atomic E-state index is 0. The molecular weight excluding hydrogens is 102 g/mol. The number of amides is 1. The molecule has 0 spiro atoms. The zero-order valence-electron chi connectivity index (χ0n) is 4.12. The molecule has 0 aliphatic rings. The average Bonchev–Trinajstić information content (AvgIpc) is 1.35. The first kappa shape index (κ1) is 10.3. The Hall–Kier alpha value is 0.236. The summed E-state index contributed by atoms with van der Waals surface area (Å²) in [6.45, 7) is 4.13. The molecule has 0 radical (unpaired) electrons. The van der Waals surface area contributed by atoms with Gasteiger partial charge in [-0.2, -0.15) is 0 Å². The fourth-order valence-electron chi connectivity index (χ4n) is 0.249. The second kappa shape index (κ2) is 6.24. The van der Waals surface area contributed by atoms with E-state index in [0.29, 0.717) is 0 Å². The normalized spacial score (nSPS) is 6.57. The van der Waals surface area contributed by atoms with Gasteiger partial charge in [0, 0.05) is 13.5 Å². The molecule has 7 heavy (non-hydrogen) atoms. The molecule has 0 atom stereocenters. The van der Waals surface area contributed by atoms with E-state index in [1.54, 1.807) is 0 Å². The predicted molar refractivity (Wildman–Crippen MR) is 32.9 cm³/mol. The molecule has 0 unspecified atom stereocenters. The third kappa shape index (κ3) is 10.7. The van der Waals surface area contributed by atoms with E-state index < -0.39 is 0 Å². The van der Waals surface area contributed by atoms with Crippen LogP contribution in [0.1, 0.15) is 13.8 Å². The highest BCUT2D eigenvalue weighted by atomic mass is 24.3. The van der Waals surface area contributed by atoms with E-state index in [1.807, 2.05) is 6.92 Å². The summed E-state index contributed by atoms with van der Waals surface area (Å²) in [5.41, 5.74) is 0. The van der Waals surface area contributed by atoms with Crippen LogP contribution in [0.5, 0.6) is 0 Å². The van der Waals surface area contributed by atoms with Gasteiger partial charge in [-0.3, -0.25) is 4.79 Å². The van der Waals surface area contributed by atoms with Crippen LogP contribution < -0.4 is 5.32 Å². The monoisotopic (exact) mass is 113 g/mol. The van der Waals surface area contributed by atoms with Gasteiger partial charge in [-0.25, -0.2) is 0 Å². The van der Waals surface area contributed by atoms with Crippen LogP contribution in [0.15, 0.2) is 0 Å². The molecule has 0 bridgehead atoms. The Bertz CT molecular complexity index is 55.7. The Labute approximate surface area is 59.8 Å². The van der Waals surface area contributed by atoms with E-state index in [2.05, 4.69) is 5.32 Å². The van der Waals surface area contributed by atoms with Crippen LogP contribution in [-0.4, -0.2) is 35.5 Å². The molecule has 0 aliphatic carbocycles. The lowest BCUT2D eigenvalue weighted by Gasteiger charge is -1.88. The van der Waals surface area contributed by atoms with E-state index in [-0.39, 0.29) is 29.0 Å². The van der Waals surface area contributed by atoms with Crippen molar-refractivity contribution in [1.82, 2.24) is 5.32 Å². The van der Waals surface area contributed by atoms with Gasteiger partial charge < -0.3 is 5.32 Å². The molecule has 0 aromatic rings. The van der Waals surface area contributed by atoms with Crippen LogP contribution in [0.2, 0.25) is 0 Å². The van der Waals surface area contributed by atoms with Gasteiger partial charge in [0.15, 0.2) is 0 Å². The zero-order valence-corrected chi connectivity index (χ0v) is 4.12. The quantitative estimate of drug-likeness (QED) is 0.445. The predicted octanol–water partition coefficient (Wildman–Crippen LogP) is -0.774. The summed E-state index contributed by atoms with van der Waals surface area (Å²) in [7, 11) is 0. The highest BCUT2D eigenvalue weighted by molar-refractivity contribution is 5.75. The SMILES string of the molecule is CCNC(C)=O.[MgH2]. The van der Waals surface area contributed by atoms with Crippen LogP contribution in [0.25, 0.3) is 0 Å². The molecule has 0 saturated heterocycles. The summed E-state index contributed by atoms with van der Waals surface area (Å²) in [6.07, 6.45) is 0. The first-order valence-corrected chi connectivity index (χ1v) is 2.01. The maximum Gasteiger partial charge on any atom is 0.316 e. The maximum absolute atomic E-state index is 9.93. The molecule has 3 heteroatoms. The summed E-state index contributed by atoms with van der Waals surface area (Å²) in [6, 6.07) is 0. The minimum Gasteiger partial charge on any atom is -0.357 e. The smallest absolute Gasteiger partial charge is 0.316 e. The molecule has 0 heterocycles.